The van der Waals surface area contributed by atoms with Gasteiger partial charge in [0.1, 0.15) is 11.6 Å². The molecule has 0 bridgehead atoms. The molecule has 0 aliphatic carbocycles. The van der Waals surface area contributed by atoms with Crippen molar-refractivity contribution in [3.05, 3.63) is 18.3 Å². The molecule has 1 aliphatic rings. The van der Waals surface area contributed by atoms with Gasteiger partial charge in [-0.2, -0.15) is 0 Å². The fourth-order valence-electron chi connectivity index (χ4n) is 2.14. The number of piperazine rings is 1. The van der Waals surface area contributed by atoms with E-state index in [1.165, 1.54) is 0 Å². The predicted octanol–water partition coefficient (Wildman–Crippen LogP) is 0.930. The van der Waals surface area contributed by atoms with E-state index >= 15 is 0 Å². The molecule has 1 aromatic rings. The Hall–Kier alpha value is -1.24. The Balaban J connectivity index is 0.00000200. The Kier molecular flexibility index (Phi) is 8.39. The number of rotatable bonds is 3. The maximum Gasteiger partial charge on any atom is 0.239 e. The fourth-order valence-corrected chi connectivity index (χ4v) is 2.14. The summed E-state index contributed by atoms with van der Waals surface area (Å²) in [5.74, 6) is 1.68. The van der Waals surface area contributed by atoms with Gasteiger partial charge >= 0.3 is 0 Å². The summed E-state index contributed by atoms with van der Waals surface area (Å²) in [7, 11) is 1.64. The van der Waals surface area contributed by atoms with Gasteiger partial charge in [0.25, 0.3) is 0 Å². The number of anilines is 1. The van der Waals surface area contributed by atoms with E-state index in [4.69, 9.17) is 10.5 Å². The number of halogens is 2. The second-order valence-corrected chi connectivity index (χ2v) is 4.65. The molecule has 1 aliphatic heterocycles. The van der Waals surface area contributed by atoms with Crippen LogP contribution in [-0.4, -0.2) is 55.1 Å². The molecule has 0 unspecified atom stereocenters. The Bertz CT molecular complexity index is 452. The van der Waals surface area contributed by atoms with Gasteiger partial charge in [-0.15, -0.1) is 24.8 Å². The molecule has 8 heteroatoms. The molecule has 1 saturated heterocycles. The number of methoxy groups -OCH3 is 1. The van der Waals surface area contributed by atoms with Crippen molar-refractivity contribution in [2.45, 2.75) is 13.0 Å². The van der Waals surface area contributed by atoms with E-state index in [1.807, 2.05) is 12.1 Å². The molecule has 2 N–H and O–H groups in total. The van der Waals surface area contributed by atoms with Crippen molar-refractivity contribution in [3.8, 4) is 5.75 Å². The monoisotopic (exact) mass is 336 g/mol. The molecule has 1 aromatic heterocycles. The molecule has 120 valence electrons. The van der Waals surface area contributed by atoms with Gasteiger partial charge < -0.3 is 20.3 Å². The predicted molar refractivity (Wildman–Crippen MR) is 87.7 cm³/mol. The minimum atomic E-state index is -0.429. The van der Waals surface area contributed by atoms with E-state index in [2.05, 4.69) is 9.88 Å². The zero-order chi connectivity index (χ0) is 13.8. The average Bonchev–Trinajstić information content (AvgIpc) is 2.46. The second-order valence-electron chi connectivity index (χ2n) is 4.65. The summed E-state index contributed by atoms with van der Waals surface area (Å²) in [6.45, 7) is 4.61. The van der Waals surface area contributed by atoms with Gasteiger partial charge in [-0.05, 0) is 13.0 Å². The van der Waals surface area contributed by atoms with Crippen molar-refractivity contribution in [1.82, 2.24) is 9.88 Å². The van der Waals surface area contributed by atoms with Crippen molar-refractivity contribution < 1.29 is 9.53 Å². The first-order chi connectivity index (χ1) is 9.11. The summed E-state index contributed by atoms with van der Waals surface area (Å²) in [5, 5.41) is 0. The maximum absolute atomic E-state index is 11.8. The first-order valence-corrected chi connectivity index (χ1v) is 6.41. The van der Waals surface area contributed by atoms with Crippen LogP contribution in [0.15, 0.2) is 18.3 Å². The maximum atomic E-state index is 11.8. The largest absolute Gasteiger partial charge is 0.497 e. The van der Waals surface area contributed by atoms with E-state index in [-0.39, 0.29) is 30.7 Å². The summed E-state index contributed by atoms with van der Waals surface area (Å²) in [5.41, 5.74) is 5.62. The Morgan fingerprint density at radius 2 is 1.95 bits per heavy atom. The second kappa shape index (κ2) is 8.92. The number of carbonyl (C=O) groups excluding carboxylic acids is 1. The Morgan fingerprint density at radius 3 is 2.48 bits per heavy atom. The quantitative estimate of drug-likeness (QED) is 0.888. The normalized spacial score (nSPS) is 15.6. The van der Waals surface area contributed by atoms with Crippen molar-refractivity contribution in [2.24, 2.45) is 5.73 Å². The molecule has 0 radical (unpaired) electrons. The number of nitrogens with two attached hydrogens (primary N) is 1. The standard InChI is InChI=1S/C13H20N4O2.2ClH/c1-10(14)13(18)17-7-5-16(6-8-17)12-9-11(19-2)3-4-15-12;;/h3-4,9-10H,5-8,14H2,1-2H3;2*1H/t10-;;/m1../s1. The lowest BCUT2D eigenvalue weighted by atomic mass is 10.2. The third-order valence-corrected chi connectivity index (χ3v) is 3.26. The highest BCUT2D eigenvalue weighted by atomic mass is 35.5. The molecule has 0 spiro atoms. The number of amides is 1. The SMILES string of the molecule is COc1ccnc(N2CCN(C(=O)[C@@H](C)N)CC2)c1.Cl.Cl. The topological polar surface area (TPSA) is 71.7 Å². The molecule has 6 nitrogen and oxygen atoms in total. The summed E-state index contributed by atoms with van der Waals surface area (Å²) in [6, 6.07) is 3.30. The van der Waals surface area contributed by atoms with Crippen LogP contribution in [0.25, 0.3) is 0 Å². The molecule has 2 heterocycles. The lowest BCUT2D eigenvalue weighted by molar-refractivity contribution is -0.132. The number of nitrogens with zero attached hydrogens (tertiary/aromatic N) is 3. The molecule has 2 rings (SSSR count). The van der Waals surface area contributed by atoms with Gasteiger partial charge in [0.15, 0.2) is 0 Å². The third kappa shape index (κ3) is 4.91. The number of ether oxygens (including phenoxy) is 1. The summed E-state index contributed by atoms with van der Waals surface area (Å²) < 4.78 is 5.19. The zero-order valence-corrected chi connectivity index (χ0v) is 13.8. The minimum Gasteiger partial charge on any atom is -0.497 e. The molecule has 21 heavy (non-hydrogen) atoms. The highest BCUT2D eigenvalue weighted by molar-refractivity contribution is 5.85. The van der Waals surface area contributed by atoms with E-state index in [0.29, 0.717) is 13.1 Å². The van der Waals surface area contributed by atoms with Gasteiger partial charge in [0, 0.05) is 38.4 Å². The summed E-state index contributed by atoms with van der Waals surface area (Å²) in [4.78, 5) is 20.1. The van der Waals surface area contributed by atoms with Gasteiger partial charge in [0.05, 0.1) is 13.2 Å². The van der Waals surface area contributed by atoms with Gasteiger partial charge in [-0.25, -0.2) is 4.98 Å². The van der Waals surface area contributed by atoms with Crippen LogP contribution in [0.3, 0.4) is 0 Å². The van der Waals surface area contributed by atoms with Crippen molar-refractivity contribution >= 4 is 36.5 Å². The van der Waals surface area contributed by atoms with Crippen LogP contribution in [0.5, 0.6) is 5.75 Å². The Labute approximate surface area is 137 Å². The van der Waals surface area contributed by atoms with Crippen molar-refractivity contribution in [1.29, 1.82) is 0 Å². The van der Waals surface area contributed by atoms with Crippen LogP contribution in [0.1, 0.15) is 6.92 Å². The zero-order valence-electron chi connectivity index (χ0n) is 12.2. The number of hydrogen-bond donors (Lipinski definition) is 1. The number of carbonyl (C=O) groups is 1. The van der Waals surface area contributed by atoms with Crippen LogP contribution >= 0.6 is 24.8 Å². The highest BCUT2D eigenvalue weighted by Crippen LogP contribution is 2.19. The first-order valence-electron chi connectivity index (χ1n) is 6.41. The van der Waals surface area contributed by atoms with E-state index in [1.54, 1.807) is 25.1 Å². The summed E-state index contributed by atoms with van der Waals surface area (Å²) in [6.07, 6.45) is 1.73. The molecule has 0 aromatic carbocycles. The lowest BCUT2D eigenvalue weighted by Crippen LogP contribution is -2.52. The highest BCUT2D eigenvalue weighted by Gasteiger charge is 2.23. The van der Waals surface area contributed by atoms with Crippen LogP contribution in [0, 0.1) is 0 Å². The van der Waals surface area contributed by atoms with E-state index in [9.17, 15) is 4.79 Å². The summed E-state index contributed by atoms with van der Waals surface area (Å²) >= 11 is 0. The van der Waals surface area contributed by atoms with Crippen molar-refractivity contribution in [3.63, 3.8) is 0 Å². The number of pyridine rings is 1. The molecule has 1 fully saturated rings. The van der Waals surface area contributed by atoms with Gasteiger partial charge in [0.2, 0.25) is 5.91 Å². The van der Waals surface area contributed by atoms with E-state index in [0.717, 1.165) is 24.7 Å². The molecule has 1 atom stereocenters. The van der Waals surface area contributed by atoms with Crippen LogP contribution in [0.2, 0.25) is 0 Å². The third-order valence-electron chi connectivity index (χ3n) is 3.26. The Morgan fingerprint density at radius 1 is 1.33 bits per heavy atom. The van der Waals surface area contributed by atoms with Crippen molar-refractivity contribution in [2.75, 3.05) is 38.2 Å². The first kappa shape index (κ1) is 19.8. The molecule has 1 amide bonds. The number of hydrogen-bond acceptors (Lipinski definition) is 5. The molecular formula is C13H22Cl2N4O2. The smallest absolute Gasteiger partial charge is 0.239 e. The van der Waals surface area contributed by atoms with E-state index < -0.39 is 6.04 Å². The fraction of sp³-hybridized carbons (Fsp3) is 0.538. The lowest BCUT2D eigenvalue weighted by Gasteiger charge is -2.36. The van der Waals surface area contributed by atoms with Crippen LogP contribution in [-0.2, 0) is 4.79 Å². The average molecular weight is 337 g/mol. The van der Waals surface area contributed by atoms with Gasteiger partial charge in [-0.1, -0.05) is 0 Å². The van der Waals surface area contributed by atoms with Crippen LogP contribution < -0.4 is 15.4 Å². The van der Waals surface area contributed by atoms with Gasteiger partial charge in [-0.3, -0.25) is 4.79 Å². The minimum absolute atomic E-state index is 0. The molecule has 0 saturated carbocycles. The van der Waals surface area contributed by atoms with Crippen LogP contribution in [0.4, 0.5) is 5.82 Å². The molecular weight excluding hydrogens is 315 g/mol. The number of aromatic nitrogens is 1.